The van der Waals surface area contributed by atoms with E-state index in [1.807, 2.05) is 13.8 Å². The van der Waals surface area contributed by atoms with Crippen LogP contribution in [0.1, 0.15) is 34.1 Å². The molecule has 0 aromatic heterocycles. The van der Waals surface area contributed by atoms with Crippen molar-refractivity contribution in [2.45, 2.75) is 40.2 Å². The molecule has 2 N–H and O–H groups in total. The van der Waals surface area contributed by atoms with E-state index in [0.29, 0.717) is 6.42 Å². The molecule has 0 bridgehead atoms. The van der Waals surface area contributed by atoms with Crippen LogP contribution in [-0.2, 0) is 9.59 Å². The lowest BCUT2D eigenvalue weighted by Gasteiger charge is -2.11. The molecule has 0 saturated carbocycles. The number of carbonyl (C=O) groups is 2. The molecule has 0 rings (SSSR count). The van der Waals surface area contributed by atoms with Gasteiger partial charge >= 0.3 is 0 Å². The molecule has 0 saturated heterocycles. The summed E-state index contributed by atoms with van der Waals surface area (Å²) >= 11 is 0. The van der Waals surface area contributed by atoms with E-state index in [1.165, 1.54) is 6.92 Å². The van der Waals surface area contributed by atoms with Crippen LogP contribution in [0.25, 0.3) is 0 Å². The monoisotopic (exact) mass is 215 g/mol. The predicted octanol–water partition coefficient (Wildman–Crippen LogP) is 0.738. The molecular formula is C11H21NO3. The van der Waals surface area contributed by atoms with E-state index < -0.39 is 6.04 Å². The highest BCUT2D eigenvalue weighted by Gasteiger charge is 2.13. The fraction of sp³-hybridized carbons (Fsp3) is 0.636. The predicted molar refractivity (Wildman–Crippen MR) is 61.2 cm³/mol. The van der Waals surface area contributed by atoms with Crippen molar-refractivity contribution in [2.24, 2.45) is 0 Å². The van der Waals surface area contributed by atoms with Crippen LogP contribution in [0, 0.1) is 12.8 Å². The minimum Gasteiger partial charge on any atom is -0.394 e. The van der Waals surface area contributed by atoms with Crippen molar-refractivity contribution in [3.63, 3.8) is 0 Å². The van der Waals surface area contributed by atoms with Gasteiger partial charge in [0.05, 0.1) is 6.61 Å². The highest BCUT2D eigenvalue weighted by molar-refractivity contribution is 5.87. The SMILES string of the molecule is C#C.CC.CCC(=O)N[C@@H](CO)C(C)=O. The lowest BCUT2D eigenvalue weighted by atomic mass is 10.2. The second-order valence-corrected chi connectivity index (χ2v) is 2.27. The molecule has 0 aromatic rings. The van der Waals surface area contributed by atoms with Crippen LogP contribution < -0.4 is 5.32 Å². The first-order valence-corrected chi connectivity index (χ1v) is 4.85. The van der Waals surface area contributed by atoms with Gasteiger partial charge in [0.1, 0.15) is 6.04 Å². The van der Waals surface area contributed by atoms with Crippen molar-refractivity contribution in [1.29, 1.82) is 0 Å². The maximum Gasteiger partial charge on any atom is 0.220 e. The molecule has 0 aliphatic heterocycles. The number of aliphatic hydroxyl groups excluding tert-OH is 1. The Kier molecular flexibility index (Phi) is 19.5. The Labute approximate surface area is 92.1 Å². The molecule has 0 aromatic carbocycles. The number of rotatable bonds is 4. The van der Waals surface area contributed by atoms with Gasteiger partial charge in [0.25, 0.3) is 0 Å². The summed E-state index contributed by atoms with van der Waals surface area (Å²) in [4.78, 5) is 21.4. The van der Waals surface area contributed by atoms with Gasteiger partial charge < -0.3 is 10.4 Å². The van der Waals surface area contributed by atoms with Crippen molar-refractivity contribution in [3.8, 4) is 12.8 Å². The van der Waals surface area contributed by atoms with E-state index in [-0.39, 0.29) is 18.3 Å². The summed E-state index contributed by atoms with van der Waals surface area (Å²) in [6.45, 7) is 6.68. The minimum absolute atomic E-state index is 0.223. The van der Waals surface area contributed by atoms with Gasteiger partial charge in [-0.25, -0.2) is 0 Å². The summed E-state index contributed by atoms with van der Waals surface area (Å²) in [5.41, 5.74) is 0. The van der Waals surface area contributed by atoms with Crippen LogP contribution in [0.4, 0.5) is 0 Å². The normalized spacial score (nSPS) is 9.53. The smallest absolute Gasteiger partial charge is 0.220 e. The zero-order valence-electron chi connectivity index (χ0n) is 9.91. The van der Waals surface area contributed by atoms with Gasteiger partial charge in [0.15, 0.2) is 5.78 Å². The van der Waals surface area contributed by atoms with Gasteiger partial charge in [-0.2, -0.15) is 0 Å². The highest BCUT2D eigenvalue weighted by atomic mass is 16.3. The van der Waals surface area contributed by atoms with Gasteiger partial charge in [0, 0.05) is 6.42 Å². The number of carbonyl (C=O) groups excluding carboxylic acids is 2. The molecule has 1 atom stereocenters. The molecule has 0 unspecified atom stereocenters. The third-order valence-electron chi connectivity index (χ3n) is 1.33. The van der Waals surface area contributed by atoms with Gasteiger partial charge in [0.2, 0.25) is 5.91 Å². The Hall–Kier alpha value is -1.34. The van der Waals surface area contributed by atoms with E-state index in [0.717, 1.165) is 0 Å². The number of ketones is 1. The molecular weight excluding hydrogens is 194 g/mol. The van der Waals surface area contributed by atoms with Crippen molar-refractivity contribution in [2.75, 3.05) is 6.61 Å². The molecule has 0 aliphatic carbocycles. The fourth-order valence-corrected chi connectivity index (χ4v) is 0.572. The van der Waals surface area contributed by atoms with Gasteiger partial charge in [-0.3, -0.25) is 9.59 Å². The topological polar surface area (TPSA) is 66.4 Å². The molecule has 0 aliphatic rings. The van der Waals surface area contributed by atoms with Gasteiger partial charge in [-0.15, -0.1) is 12.8 Å². The first kappa shape index (κ1) is 19.3. The summed E-state index contributed by atoms with van der Waals surface area (Å²) in [6.07, 6.45) is 8.32. The number of amides is 1. The maximum atomic E-state index is 10.7. The Morgan fingerprint density at radius 2 is 1.73 bits per heavy atom. The van der Waals surface area contributed by atoms with Crippen molar-refractivity contribution < 1.29 is 14.7 Å². The van der Waals surface area contributed by atoms with Crippen LogP contribution in [0.2, 0.25) is 0 Å². The maximum absolute atomic E-state index is 10.7. The number of hydrogen-bond donors (Lipinski definition) is 2. The van der Waals surface area contributed by atoms with Crippen LogP contribution in [0.3, 0.4) is 0 Å². The lowest BCUT2D eigenvalue weighted by Crippen LogP contribution is -2.41. The van der Waals surface area contributed by atoms with Crippen LogP contribution in [0.15, 0.2) is 0 Å². The van der Waals surface area contributed by atoms with E-state index in [2.05, 4.69) is 18.2 Å². The number of aliphatic hydroxyl groups is 1. The first-order chi connectivity index (χ1) is 7.11. The molecule has 4 nitrogen and oxygen atoms in total. The summed E-state index contributed by atoms with van der Waals surface area (Å²) in [7, 11) is 0. The average Bonchev–Trinajstić information content (AvgIpc) is 2.30. The Morgan fingerprint density at radius 1 is 1.33 bits per heavy atom. The van der Waals surface area contributed by atoms with Crippen molar-refractivity contribution in [1.82, 2.24) is 5.32 Å². The van der Waals surface area contributed by atoms with E-state index in [9.17, 15) is 9.59 Å². The second-order valence-electron chi connectivity index (χ2n) is 2.27. The molecule has 88 valence electrons. The molecule has 1 amide bonds. The fourth-order valence-electron chi connectivity index (χ4n) is 0.572. The van der Waals surface area contributed by atoms with Crippen molar-refractivity contribution in [3.05, 3.63) is 0 Å². The van der Waals surface area contributed by atoms with Gasteiger partial charge in [-0.1, -0.05) is 20.8 Å². The number of terminal acetylenes is 1. The Morgan fingerprint density at radius 3 is 1.93 bits per heavy atom. The lowest BCUT2D eigenvalue weighted by molar-refractivity contribution is -0.127. The van der Waals surface area contributed by atoms with E-state index in [1.54, 1.807) is 6.92 Å². The van der Waals surface area contributed by atoms with Crippen LogP contribution >= 0.6 is 0 Å². The van der Waals surface area contributed by atoms with Crippen LogP contribution in [0.5, 0.6) is 0 Å². The number of hydrogen-bond acceptors (Lipinski definition) is 3. The Bertz CT molecular complexity index is 188. The largest absolute Gasteiger partial charge is 0.394 e. The minimum atomic E-state index is -0.734. The molecule has 0 spiro atoms. The first-order valence-electron chi connectivity index (χ1n) is 4.85. The van der Waals surface area contributed by atoms with Crippen molar-refractivity contribution >= 4 is 11.7 Å². The molecule has 0 fully saturated rings. The van der Waals surface area contributed by atoms with E-state index >= 15 is 0 Å². The summed E-state index contributed by atoms with van der Waals surface area (Å²) in [6, 6.07) is -0.734. The molecule has 15 heavy (non-hydrogen) atoms. The molecule has 0 radical (unpaired) electrons. The molecule has 4 heteroatoms. The Balaban J connectivity index is -0.000000318. The number of nitrogens with one attached hydrogen (secondary N) is 1. The number of Topliss-reactive ketones (excluding diaryl/α,β-unsaturated/α-hetero) is 1. The summed E-state index contributed by atoms with van der Waals surface area (Å²) in [5, 5.41) is 11.0. The standard InChI is InChI=1S/C7H13NO3.C2H6.C2H2/c1-3-7(11)8-6(4-9)5(2)10;2*1-2/h6,9H,3-4H2,1-2H3,(H,8,11);1-2H3;1-2H/t6-;;/m0../s1. The molecule has 0 heterocycles. The third kappa shape index (κ3) is 12.7. The quantitative estimate of drug-likeness (QED) is 0.680. The summed E-state index contributed by atoms with van der Waals surface area (Å²) in [5.74, 6) is -0.450. The average molecular weight is 215 g/mol. The third-order valence-corrected chi connectivity index (χ3v) is 1.33. The summed E-state index contributed by atoms with van der Waals surface area (Å²) < 4.78 is 0. The van der Waals surface area contributed by atoms with Gasteiger partial charge in [-0.05, 0) is 6.92 Å². The van der Waals surface area contributed by atoms with E-state index in [4.69, 9.17) is 5.11 Å². The van der Waals surface area contributed by atoms with Crippen LogP contribution in [-0.4, -0.2) is 29.4 Å². The second kappa shape index (κ2) is 15.1. The highest BCUT2D eigenvalue weighted by Crippen LogP contribution is 1.86. The zero-order valence-corrected chi connectivity index (χ0v) is 9.91. The zero-order chi connectivity index (χ0) is 12.9.